The van der Waals surface area contributed by atoms with Gasteiger partial charge in [-0.25, -0.2) is 0 Å². The van der Waals surface area contributed by atoms with Crippen LogP contribution in [0, 0.1) is 6.92 Å². The topological polar surface area (TPSA) is 50.9 Å². The van der Waals surface area contributed by atoms with E-state index in [1.807, 2.05) is 6.92 Å². The number of pyridine rings is 1. The summed E-state index contributed by atoms with van der Waals surface area (Å²) in [6.07, 6.45) is 0. The number of aryl methyl sites for hydroxylation is 1. The SMILES string of the molecule is Cc1nc2cc(Cl)cc(Cl)c2c(NN)c1C(C)C. The van der Waals surface area contributed by atoms with Crippen molar-refractivity contribution in [2.45, 2.75) is 26.7 Å². The van der Waals surface area contributed by atoms with Gasteiger partial charge < -0.3 is 5.43 Å². The van der Waals surface area contributed by atoms with Gasteiger partial charge >= 0.3 is 0 Å². The first kappa shape index (κ1) is 13.4. The van der Waals surface area contributed by atoms with Gasteiger partial charge in [0, 0.05) is 21.7 Å². The number of aromatic nitrogens is 1. The minimum absolute atomic E-state index is 0.305. The van der Waals surface area contributed by atoms with Crippen molar-refractivity contribution in [3.63, 3.8) is 0 Å². The number of halogens is 2. The summed E-state index contributed by atoms with van der Waals surface area (Å²) in [4.78, 5) is 4.56. The van der Waals surface area contributed by atoms with Gasteiger partial charge in [0.2, 0.25) is 0 Å². The van der Waals surface area contributed by atoms with Gasteiger partial charge in [-0.15, -0.1) is 0 Å². The number of nitrogens with two attached hydrogens (primary N) is 1. The summed E-state index contributed by atoms with van der Waals surface area (Å²) in [5.74, 6) is 5.97. The second kappa shape index (κ2) is 4.92. The van der Waals surface area contributed by atoms with Gasteiger partial charge in [-0.1, -0.05) is 37.0 Å². The molecule has 0 radical (unpaired) electrons. The van der Waals surface area contributed by atoms with Gasteiger partial charge in [0.05, 0.1) is 16.2 Å². The fourth-order valence-electron chi connectivity index (χ4n) is 2.31. The third-order valence-corrected chi connectivity index (χ3v) is 3.47. The van der Waals surface area contributed by atoms with E-state index in [4.69, 9.17) is 29.0 Å². The summed E-state index contributed by atoms with van der Waals surface area (Å²) in [6.45, 7) is 6.16. The third-order valence-electron chi connectivity index (χ3n) is 2.95. The molecule has 0 amide bonds. The number of anilines is 1. The van der Waals surface area contributed by atoms with Crippen LogP contribution in [0.4, 0.5) is 5.69 Å². The molecule has 1 heterocycles. The average Bonchev–Trinajstić information content (AvgIpc) is 2.25. The van der Waals surface area contributed by atoms with Crippen LogP contribution in [0.3, 0.4) is 0 Å². The van der Waals surface area contributed by atoms with Gasteiger partial charge in [0.15, 0.2) is 0 Å². The van der Waals surface area contributed by atoms with Crippen molar-refractivity contribution in [2.24, 2.45) is 5.84 Å². The van der Waals surface area contributed by atoms with Crippen LogP contribution < -0.4 is 11.3 Å². The molecule has 0 bridgehead atoms. The van der Waals surface area contributed by atoms with Crippen molar-refractivity contribution >= 4 is 39.8 Å². The van der Waals surface area contributed by atoms with Crippen LogP contribution in [0.25, 0.3) is 10.9 Å². The van der Waals surface area contributed by atoms with Gasteiger partial charge in [0.1, 0.15) is 0 Å². The second-order valence-electron chi connectivity index (χ2n) is 4.57. The molecule has 0 fully saturated rings. The maximum Gasteiger partial charge on any atom is 0.0756 e. The Kier molecular flexibility index (Phi) is 3.66. The Morgan fingerprint density at radius 3 is 2.50 bits per heavy atom. The fraction of sp³-hybridized carbons (Fsp3) is 0.308. The lowest BCUT2D eigenvalue weighted by Gasteiger charge is -2.18. The molecular formula is C13H15Cl2N3. The molecule has 2 aromatic rings. The van der Waals surface area contributed by atoms with E-state index in [0.717, 1.165) is 27.8 Å². The summed E-state index contributed by atoms with van der Waals surface area (Å²) in [5.41, 5.74) is 6.35. The number of nitrogens with zero attached hydrogens (tertiary/aromatic N) is 1. The zero-order valence-corrected chi connectivity index (χ0v) is 12.0. The van der Waals surface area contributed by atoms with Gasteiger partial charge in [0.25, 0.3) is 0 Å². The molecule has 96 valence electrons. The highest BCUT2D eigenvalue weighted by Crippen LogP contribution is 2.38. The molecule has 3 nitrogen and oxygen atoms in total. The Bertz CT molecular complexity index is 609. The lowest BCUT2D eigenvalue weighted by atomic mass is 9.97. The first-order valence-corrected chi connectivity index (χ1v) is 6.47. The van der Waals surface area contributed by atoms with Crippen LogP contribution in [-0.4, -0.2) is 4.98 Å². The second-order valence-corrected chi connectivity index (χ2v) is 5.41. The van der Waals surface area contributed by atoms with E-state index in [2.05, 4.69) is 24.3 Å². The first-order chi connectivity index (χ1) is 8.45. The Labute approximate surface area is 116 Å². The molecular weight excluding hydrogens is 269 g/mol. The van der Waals surface area contributed by atoms with E-state index >= 15 is 0 Å². The lowest BCUT2D eigenvalue weighted by Crippen LogP contribution is -2.12. The molecule has 0 unspecified atom stereocenters. The van der Waals surface area contributed by atoms with E-state index in [1.54, 1.807) is 12.1 Å². The first-order valence-electron chi connectivity index (χ1n) is 5.71. The molecule has 5 heteroatoms. The highest BCUT2D eigenvalue weighted by atomic mass is 35.5. The lowest BCUT2D eigenvalue weighted by molar-refractivity contribution is 0.848. The molecule has 1 aromatic carbocycles. The van der Waals surface area contributed by atoms with E-state index in [1.165, 1.54) is 0 Å². The summed E-state index contributed by atoms with van der Waals surface area (Å²) in [5, 5.41) is 1.94. The quantitative estimate of drug-likeness (QED) is 0.640. The molecule has 1 aromatic heterocycles. The molecule has 0 aliphatic carbocycles. The Morgan fingerprint density at radius 2 is 1.94 bits per heavy atom. The number of fused-ring (bicyclic) bond motifs is 1. The molecule has 0 spiro atoms. The normalized spacial score (nSPS) is 11.3. The number of benzene rings is 1. The standard InChI is InChI=1S/C13H15Cl2N3/c1-6(2)11-7(3)17-10-5-8(14)4-9(15)12(10)13(11)18-16/h4-6H,16H2,1-3H3,(H,17,18). The molecule has 0 saturated heterocycles. The van der Waals surface area contributed by atoms with Crippen molar-refractivity contribution < 1.29 is 0 Å². The van der Waals surface area contributed by atoms with E-state index in [0.29, 0.717) is 16.0 Å². The minimum atomic E-state index is 0.305. The molecule has 0 saturated carbocycles. The van der Waals surface area contributed by atoms with Crippen LogP contribution in [0.2, 0.25) is 10.0 Å². The Hall–Kier alpha value is -1.03. The van der Waals surface area contributed by atoms with Crippen LogP contribution in [-0.2, 0) is 0 Å². The molecule has 3 N–H and O–H groups in total. The van der Waals surface area contributed by atoms with Crippen molar-refractivity contribution in [1.82, 2.24) is 4.98 Å². The number of nitrogens with one attached hydrogen (secondary N) is 1. The summed E-state index contributed by atoms with van der Waals surface area (Å²) in [7, 11) is 0. The van der Waals surface area contributed by atoms with Crippen LogP contribution in [0.15, 0.2) is 12.1 Å². The predicted octanol–water partition coefficient (Wildman–Crippen LogP) is 4.26. The molecule has 18 heavy (non-hydrogen) atoms. The van der Waals surface area contributed by atoms with Crippen molar-refractivity contribution in [1.29, 1.82) is 0 Å². The molecule has 0 atom stereocenters. The van der Waals surface area contributed by atoms with Gasteiger partial charge in [-0.05, 0) is 25.0 Å². The number of hydrogen-bond donors (Lipinski definition) is 2. The number of rotatable bonds is 2. The largest absolute Gasteiger partial charge is 0.323 e. The summed E-state index contributed by atoms with van der Waals surface area (Å²) < 4.78 is 0. The smallest absolute Gasteiger partial charge is 0.0756 e. The minimum Gasteiger partial charge on any atom is -0.323 e. The number of hydrogen-bond acceptors (Lipinski definition) is 3. The van der Waals surface area contributed by atoms with E-state index < -0.39 is 0 Å². The molecule has 0 aliphatic rings. The average molecular weight is 284 g/mol. The van der Waals surface area contributed by atoms with Crippen molar-refractivity contribution in [3.8, 4) is 0 Å². The molecule has 0 aliphatic heterocycles. The number of hydrazine groups is 1. The zero-order valence-electron chi connectivity index (χ0n) is 10.5. The Balaban J connectivity index is 2.94. The number of nitrogen functional groups attached to an aromatic ring is 1. The summed E-state index contributed by atoms with van der Waals surface area (Å²) in [6, 6.07) is 3.49. The van der Waals surface area contributed by atoms with Crippen LogP contribution >= 0.6 is 23.2 Å². The van der Waals surface area contributed by atoms with Crippen molar-refractivity contribution in [2.75, 3.05) is 5.43 Å². The highest BCUT2D eigenvalue weighted by molar-refractivity contribution is 6.39. The fourth-order valence-corrected chi connectivity index (χ4v) is 2.89. The Morgan fingerprint density at radius 1 is 1.28 bits per heavy atom. The third kappa shape index (κ3) is 2.14. The van der Waals surface area contributed by atoms with Gasteiger partial charge in [-0.2, -0.15) is 0 Å². The summed E-state index contributed by atoms with van der Waals surface area (Å²) >= 11 is 12.3. The van der Waals surface area contributed by atoms with Crippen molar-refractivity contribution in [3.05, 3.63) is 33.4 Å². The monoisotopic (exact) mass is 283 g/mol. The maximum absolute atomic E-state index is 6.26. The van der Waals surface area contributed by atoms with Gasteiger partial charge in [-0.3, -0.25) is 10.8 Å². The highest BCUT2D eigenvalue weighted by Gasteiger charge is 2.17. The molecule has 2 rings (SSSR count). The predicted molar refractivity (Wildman–Crippen MR) is 78.4 cm³/mol. The van der Waals surface area contributed by atoms with E-state index in [-0.39, 0.29) is 0 Å². The zero-order chi connectivity index (χ0) is 13.4. The van der Waals surface area contributed by atoms with E-state index in [9.17, 15) is 0 Å². The van der Waals surface area contributed by atoms with Crippen LogP contribution in [0.1, 0.15) is 31.0 Å². The van der Waals surface area contributed by atoms with Crippen LogP contribution in [0.5, 0.6) is 0 Å². The maximum atomic E-state index is 6.26.